The van der Waals surface area contributed by atoms with Gasteiger partial charge >= 0.3 is 0 Å². The van der Waals surface area contributed by atoms with E-state index in [0.29, 0.717) is 6.42 Å². The fourth-order valence-electron chi connectivity index (χ4n) is 3.17. The van der Waals surface area contributed by atoms with Crippen molar-refractivity contribution in [3.05, 3.63) is 39.3 Å². The van der Waals surface area contributed by atoms with E-state index in [2.05, 4.69) is 27.5 Å². The number of amides is 1. The summed E-state index contributed by atoms with van der Waals surface area (Å²) in [4.78, 5) is 16.1. The minimum Gasteiger partial charge on any atom is -0.335 e. The highest BCUT2D eigenvalue weighted by Crippen LogP contribution is 2.35. The van der Waals surface area contributed by atoms with E-state index in [0.717, 1.165) is 36.3 Å². The molecule has 0 bridgehead atoms. The van der Waals surface area contributed by atoms with Gasteiger partial charge in [-0.05, 0) is 38.1 Å². The zero-order valence-corrected chi connectivity index (χ0v) is 13.6. The van der Waals surface area contributed by atoms with Gasteiger partial charge in [0, 0.05) is 29.7 Å². The van der Waals surface area contributed by atoms with Gasteiger partial charge < -0.3 is 4.90 Å². The molecule has 0 aromatic carbocycles. The van der Waals surface area contributed by atoms with Gasteiger partial charge in [0.2, 0.25) is 5.91 Å². The maximum atomic E-state index is 12.7. The summed E-state index contributed by atoms with van der Waals surface area (Å²) in [5, 5.41) is 6.50. The smallest absolute Gasteiger partial charge is 0.227 e. The van der Waals surface area contributed by atoms with Crippen molar-refractivity contribution in [1.29, 1.82) is 0 Å². The second kappa shape index (κ2) is 5.64. The van der Waals surface area contributed by atoms with Gasteiger partial charge in [0.15, 0.2) is 0 Å². The van der Waals surface area contributed by atoms with Gasteiger partial charge in [-0.15, -0.1) is 11.3 Å². The zero-order chi connectivity index (χ0) is 15.0. The Kier molecular flexibility index (Phi) is 3.85. The standard InChI is InChI=1S/C16H21N3OS/c1-11-13(12(2)18(3)17-11)10-16(20)19-8-4-6-14(19)15-7-5-9-21-15/h5,7,9,14H,4,6,8,10H2,1-3H3. The fourth-order valence-corrected chi connectivity index (χ4v) is 4.04. The van der Waals surface area contributed by atoms with Crippen molar-refractivity contribution in [1.82, 2.24) is 14.7 Å². The number of nitrogens with zero attached hydrogens (tertiary/aromatic N) is 3. The Hall–Kier alpha value is -1.62. The average molecular weight is 303 g/mol. The molecule has 5 heteroatoms. The summed E-state index contributed by atoms with van der Waals surface area (Å²) in [6.45, 7) is 4.89. The molecule has 1 atom stereocenters. The van der Waals surface area contributed by atoms with Crippen LogP contribution in [-0.4, -0.2) is 27.1 Å². The van der Waals surface area contributed by atoms with Crippen LogP contribution in [0.4, 0.5) is 0 Å². The summed E-state index contributed by atoms with van der Waals surface area (Å²) in [7, 11) is 1.93. The lowest BCUT2D eigenvalue weighted by molar-refractivity contribution is -0.131. The van der Waals surface area contributed by atoms with Crippen LogP contribution in [0.15, 0.2) is 17.5 Å². The van der Waals surface area contributed by atoms with Gasteiger partial charge in [-0.1, -0.05) is 6.07 Å². The molecule has 21 heavy (non-hydrogen) atoms. The molecule has 0 aliphatic carbocycles. The number of aromatic nitrogens is 2. The number of hydrogen-bond acceptors (Lipinski definition) is 3. The lowest BCUT2D eigenvalue weighted by atomic mass is 10.1. The predicted molar refractivity (Wildman–Crippen MR) is 84.4 cm³/mol. The lowest BCUT2D eigenvalue weighted by Crippen LogP contribution is -2.31. The Balaban J connectivity index is 1.79. The van der Waals surface area contributed by atoms with Crippen LogP contribution < -0.4 is 0 Å². The van der Waals surface area contributed by atoms with Gasteiger partial charge in [0.05, 0.1) is 18.2 Å². The van der Waals surface area contributed by atoms with Crippen LogP contribution in [0.5, 0.6) is 0 Å². The van der Waals surface area contributed by atoms with Crippen LogP contribution in [0.3, 0.4) is 0 Å². The molecule has 3 rings (SSSR count). The molecule has 1 saturated heterocycles. The molecule has 1 aliphatic heterocycles. The molecule has 0 N–H and O–H groups in total. The Morgan fingerprint density at radius 2 is 2.29 bits per heavy atom. The molecule has 1 amide bonds. The summed E-state index contributed by atoms with van der Waals surface area (Å²) >= 11 is 1.75. The SMILES string of the molecule is Cc1nn(C)c(C)c1CC(=O)N1CCCC1c1cccs1. The molecule has 1 unspecified atom stereocenters. The average Bonchev–Trinajstić information content (AvgIpc) is 3.15. The van der Waals surface area contributed by atoms with Crippen LogP contribution in [0.25, 0.3) is 0 Å². The van der Waals surface area contributed by atoms with Crippen LogP contribution >= 0.6 is 11.3 Å². The van der Waals surface area contributed by atoms with Crippen molar-refractivity contribution in [3.63, 3.8) is 0 Å². The van der Waals surface area contributed by atoms with Crippen LogP contribution in [-0.2, 0) is 18.3 Å². The molecule has 3 heterocycles. The Morgan fingerprint density at radius 3 is 2.90 bits per heavy atom. The van der Waals surface area contributed by atoms with Crippen molar-refractivity contribution in [2.75, 3.05) is 6.54 Å². The largest absolute Gasteiger partial charge is 0.335 e. The number of thiophene rings is 1. The molecule has 2 aromatic rings. The summed E-state index contributed by atoms with van der Waals surface area (Å²) in [6, 6.07) is 4.48. The highest BCUT2D eigenvalue weighted by Gasteiger charge is 2.31. The van der Waals surface area contributed by atoms with Crippen molar-refractivity contribution in [2.45, 2.75) is 39.2 Å². The Morgan fingerprint density at radius 1 is 1.48 bits per heavy atom. The van der Waals surface area contributed by atoms with Crippen LogP contribution in [0.1, 0.15) is 40.7 Å². The molecule has 112 valence electrons. The second-order valence-electron chi connectivity index (χ2n) is 5.71. The molecule has 4 nitrogen and oxygen atoms in total. The molecule has 0 saturated carbocycles. The molecule has 1 fully saturated rings. The van der Waals surface area contributed by atoms with Gasteiger partial charge in [-0.3, -0.25) is 9.48 Å². The highest BCUT2D eigenvalue weighted by atomic mass is 32.1. The first-order valence-electron chi connectivity index (χ1n) is 7.40. The molecular weight excluding hydrogens is 282 g/mol. The third-order valence-electron chi connectivity index (χ3n) is 4.43. The first kappa shape index (κ1) is 14.3. The van der Waals surface area contributed by atoms with Crippen molar-refractivity contribution < 1.29 is 4.79 Å². The topological polar surface area (TPSA) is 38.1 Å². The Labute approximate surface area is 129 Å². The number of carbonyl (C=O) groups is 1. The van der Waals surface area contributed by atoms with Gasteiger partial charge in [-0.2, -0.15) is 5.10 Å². The summed E-state index contributed by atoms with van der Waals surface area (Å²) in [5.74, 6) is 0.227. The number of hydrogen-bond donors (Lipinski definition) is 0. The lowest BCUT2D eigenvalue weighted by Gasteiger charge is -2.24. The first-order valence-corrected chi connectivity index (χ1v) is 8.28. The third-order valence-corrected chi connectivity index (χ3v) is 5.41. The van der Waals surface area contributed by atoms with E-state index >= 15 is 0 Å². The minimum absolute atomic E-state index is 0.227. The molecular formula is C16H21N3OS. The molecule has 2 aromatic heterocycles. The fraction of sp³-hybridized carbons (Fsp3) is 0.500. The number of rotatable bonds is 3. The van der Waals surface area contributed by atoms with Crippen molar-refractivity contribution in [3.8, 4) is 0 Å². The van der Waals surface area contributed by atoms with Crippen molar-refractivity contribution in [2.24, 2.45) is 7.05 Å². The van der Waals surface area contributed by atoms with E-state index in [4.69, 9.17) is 0 Å². The van der Waals surface area contributed by atoms with E-state index in [1.54, 1.807) is 11.3 Å². The highest BCUT2D eigenvalue weighted by molar-refractivity contribution is 7.10. The zero-order valence-electron chi connectivity index (χ0n) is 12.8. The van der Waals surface area contributed by atoms with E-state index in [1.165, 1.54) is 4.88 Å². The van der Waals surface area contributed by atoms with E-state index in [9.17, 15) is 4.79 Å². The van der Waals surface area contributed by atoms with Gasteiger partial charge in [0.1, 0.15) is 0 Å². The minimum atomic E-state index is 0.227. The molecule has 0 spiro atoms. The number of aryl methyl sites for hydroxylation is 2. The van der Waals surface area contributed by atoms with Crippen LogP contribution in [0.2, 0.25) is 0 Å². The summed E-state index contributed by atoms with van der Waals surface area (Å²) in [6.07, 6.45) is 2.64. The quantitative estimate of drug-likeness (QED) is 0.874. The monoisotopic (exact) mass is 303 g/mol. The normalized spacial score (nSPS) is 18.4. The maximum Gasteiger partial charge on any atom is 0.227 e. The van der Waals surface area contributed by atoms with Crippen molar-refractivity contribution >= 4 is 17.2 Å². The van der Waals surface area contributed by atoms with E-state index < -0.39 is 0 Å². The van der Waals surface area contributed by atoms with Crippen LogP contribution in [0, 0.1) is 13.8 Å². The van der Waals surface area contributed by atoms with E-state index in [1.807, 2.05) is 25.6 Å². The molecule has 0 radical (unpaired) electrons. The third kappa shape index (κ3) is 2.62. The summed E-state index contributed by atoms with van der Waals surface area (Å²) < 4.78 is 1.86. The van der Waals surface area contributed by atoms with E-state index in [-0.39, 0.29) is 11.9 Å². The second-order valence-corrected chi connectivity index (χ2v) is 6.69. The first-order chi connectivity index (χ1) is 10.1. The molecule has 1 aliphatic rings. The predicted octanol–water partition coefficient (Wildman–Crippen LogP) is 3.00. The summed E-state index contributed by atoms with van der Waals surface area (Å²) in [5.41, 5.74) is 3.14. The van der Waals surface area contributed by atoms with Gasteiger partial charge in [-0.25, -0.2) is 0 Å². The maximum absolute atomic E-state index is 12.7. The number of carbonyl (C=O) groups excluding carboxylic acids is 1. The number of likely N-dealkylation sites (tertiary alicyclic amines) is 1. The van der Waals surface area contributed by atoms with Gasteiger partial charge in [0.25, 0.3) is 0 Å². The Bertz CT molecular complexity index is 645.